The first kappa shape index (κ1) is 18.5. The molecule has 0 saturated carbocycles. The Balaban J connectivity index is 1.72. The smallest absolute Gasteiger partial charge is 0.254 e. The van der Waals surface area contributed by atoms with E-state index >= 15 is 0 Å². The van der Waals surface area contributed by atoms with Crippen molar-refractivity contribution in [2.45, 2.75) is 45.1 Å². The van der Waals surface area contributed by atoms with Crippen molar-refractivity contribution in [1.29, 1.82) is 0 Å². The Hall–Kier alpha value is -2.89. The Morgan fingerprint density at radius 1 is 1.21 bits per heavy atom. The third-order valence-electron chi connectivity index (χ3n) is 5.33. The molecule has 28 heavy (non-hydrogen) atoms. The zero-order valence-electron chi connectivity index (χ0n) is 16.8. The number of benzene rings is 1. The van der Waals surface area contributed by atoms with Crippen LogP contribution in [0.3, 0.4) is 0 Å². The second kappa shape index (κ2) is 6.93. The van der Waals surface area contributed by atoms with Crippen molar-refractivity contribution >= 4 is 11.6 Å². The molecule has 3 aromatic rings. The maximum absolute atomic E-state index is 13.2. The number of ether oxygens (including phenoxy) is 1. The molecule has 1 aromatic carbocycles. The molecule has 0 spiro atoms. The summed E-state index contributed by atoms with van der Waals surface area (Å²) >= 11 is 0. The van der Waals surface area contributed by atoms with Gasteiger partial charge in [0.25, 0.3) is 5.91 Å². The normalized spacial score (nSPS) is 17.3. The number of carbonyl (C=O) groups is 1. The summed E-state index contributed by atoms with van der Waals surface area (Å²) in [5.41, 5.74) is 3.41. The van der Waals surface area contributed by atoms with Gasteiger partial charge in [0.15, 0.2) is 5.65 Å². The topological polar surface area (TPSA) is 59.7 Å². The number of hydrogen-bond donors (Lipinski definition) is 0. The van der Waals surface area contributed by atoms with Crippen molar-refractivity contribution in [1.82, 2.24) is 19.5 Å². The highest BCUT2D eigenvalue weighted by Gasteiger charge is 2.33. The van der Waals surface area contributed by atoms with Crippen molar-refractivity contribution in [2.24, 2.45) is 0 Å². The minimum absolute atomic E-state index is 0.0167. The third-order valence-corrected chi connectivity index (χ3v) is 5.33. The van der Waals surface area contributed by atoms with Crippen molar-refractivity contribution in [3.8, 4) is 5.75 Å². The standard InChI is InChI=1S/C22H26N4O2/c1-22(2,3)19-14-20-23-11-10-18(26(20)24-19)17-9-6-12-25(17)21(27)15-7-5-8-16(13-15)28-4/h5,7-8,10-11,13-14,17H,6,9,12H2,1-4H3/t17-/m1/s1. The van der Waals surface area contributed by atoms with Crippen LogP contribution in [-0.2, 0) is 5.41 Å². The van der Waals surface area contributed by atoms with E-state index in [4.69, 9.17) is 9.84 Å². The molecular weight excluding hydrogens is 352 g/mol. The first-order chi connectivity index (χ1) is 13.4. The van der Waals surface area contributed by atoms with Crippen LogP contribution in [-0.4, -0.2) is 39.1 Å². The van der Waals surface area contributed by atoms with Crippen LogP contribution < -0.4 is 4.74 Å². The second-order valence-corrected chi connectivity index (χ2v) is 8.31. The van der Waals surface area contributed by atoms with E-state index in [1.54, 1.807) is 13.2 Å². The molecule has 2 aromatic heterocycles. The first-order valence-electron chi connectivity index (χ1n) is 9.68. The van der Waals surface area contributed by atoms with Gasteiger partial charge in [0.2, 0.25) is 0 Å². The fourth-order valence-corrected chi connectivity index (χ4v) is 3.77. The Bertz CT molecular complexity index is 1020. The van der Waals surface area contributed by atoms with Gasteiger partial charge in [-0.05, 0) is 37.1 Å². The van der Waals surface area contributed by atoms with Crippen molar-refractivity contribution in [3.63, 3.8) is 0 Å². The number of likely N-dealkylation sites (tertiary alicyclic amines) is 1. The molecule has 3 heterocycles. The highest BCUT2D eigenvalue weighted by molar-refractivity contribution is 5.95. The molecule has 1 aliphatic heterocycles. The van der Waals surface area contributed by atoms with Crippen LogP contribution in [0.5, 0.6) is 5.75 Å². The summed E-state index contributed by atoms with van der Waals surface area (Å²) < 4.78 is 7.18. The van der Waals surface area contributed by atoms with Crippen LogP contribution in [0.25, 0.3) is 5.65 Å². The van der Waals surface area contributed by atoms with Crippen LogP contribution in [0, 0.1) is 0 Å². The monoisotopic (exact) mass is 378 g/mol. The molecule has 1 saturated heterocycles. The van der Waals surface area contributed by atoms with Crippen LogP contribution in [0.2, 0.25) is 0 Å². The van der Waals surface area contributed by atoms with E-state index < -0.39 is 0 Å². The Morgan fingerprint density at radius 3 is 2.79 bits per heavy atom. The van der Waals surface area contributed by atoms with E-state index in [2.05, 4.69) is 25.8 Å². The summed E-state index contributed by atoms with van der Waals surface area (Å²) in [5.74, 6) is 0.712. The van der Waals surface area contributed by atoms with E-state index in [9.17, 15) is 4.79 Å². The van der Waals surface area contributed by atoms with Crippen LogP contribution in [0.1, 0.15) is 61.4 Å². The van der Waals surface area contributed by atoms with Gasteiger partial charge in [0, 0.05) is 29.8 Å². The maximum Gasteiger partial charge on any atom is 0.254 e. The van der Waals surface area contributed by atoms with E-state index in [-0.39, 0.29) is 17.4 Å². The molecular formula is C22H26N4O2. The predicted octanol–water partition coefficient (Wildman–Crippen LogP) is 4.01. The summed E-state index contributed by atoms with van der Waals surface area (Å²) in [4.78, 5) is 19.6. The van der Waals surface area contributed by atoms with Gasteiger partial charge in [-0.15, -0.1) is 0 Å². The molecule has 1 amide bonds. The van der Waals surface area contributed by atoms with E-state index in [0.717, 1.165) is 36.4 Å². The molecule has 1 fully saturated rings. The predicted molar refractivity (Wildman–Crippen MR) is 108 cm³/mol. The van der Waals surface area contributed by atoms with Crippen LogP contribution in [0.15, 0.2) is 42.6 Å². The molecule has 1 aliphatic rings. The van der Waals surface area contributed by atoms with Crippen LogP contribution in [0.4, 0.5) is 0 Å². The zero-order valence-corrected chi connectivity index (χ0v) is 16.8. The minimum atomic E-state index is -0.0588. The lowest BCUT2D eigenvalue weighted by molar-refractivity contribution is 0.0731. The van der Waals surface area contributed by atoms with Crippen molar-refractivity contribution in [2.75, 3.05) is 13.7 Å². The summed E-state index contributed by atoms with van der Waals surface area (Å²) in [6, 6.07) is 11.3. The molecule has 0 bridgehead atoms. The number of fused-ring (bicyclic) bond motifs is 1. The molecule has 0 aliphatic carbocycles. The second-order valence-electron chi connectivity index (χ2n) is 8.31. The Morgan fingerprint density at radius 2 is 2.04 bits per heavy atom. The molecule has 4 rings (SSSR count). The largest absolute Gasteiger partial charge is 0.497 e. The quantitative estimate of drug-likeness (QED) is 0.691. The average Bonchev–Trinajstić information content (AvgIpc) is 3.34. The fourth-order valence-electron chi connectivity index (χ4n) is 3.77. The average molecular weight is 378 g/mol. The van der Waals surface area contributed by atoms with Crippen LogP contribution >= 0.6 is 0 Å². The molecule has 146 valence electrons. The van der Waals surface area contributed by atoms with Gasteiger partial charge in [-0.1, -0.05) is 26.8 Å². The molecule has 6 nitrogen and oxygen atoms in total. The summed E-state index contributed by atoms with van der Waals surface area (Å²) in [7, 11) is 1.61. The third kappa shape index (κ3) is 3.23. The zero-order chi connectivity index (χ0) is 19.9. The first-order valence-corrected chi connectivity index (χ1v) is 9.68. The highest BCUT2D eigenvalue weighted by Crippen LogP contribution is 2.34. The van der Waals surface area contributed by atoms with Crippen molar-refractivity contribution < 1.29 is 9.53 Å². The Kier molecular flexibility index (Phi) is 4.57. The highest BCUT2D eigenvalue weighted by atomic mass is 16.5. The number of nitrogens with zero attached hydrogens (tertiary/aromatic N) is 4. The maximum atomic E-state index is 13.2. The Labute approximate surface area is 165 Å². The number of methoxy groups -OCH3 is 1. The van der Waals surface area contributed by atoms with E-state index in [1.165, 1.54) is 0 Å². The van der Waals surface area contributed by atoms with E-state index in [0.29, 0.717) is 11.3 Å². The van der Waals surface area contributed by atoms with Crippen molar-refractivity contribution in [3.05, 3.63) is 59.5 Å². The number of carbonyl (C=O) groups excluding carboxylic acids is 1. The molecule has 1 atom stereocenters. The van der Waals surface area contributed by atoms with Gasteiger partial charge < -0.3 is 9.64 Å². The SMILES string of the molecule is COc1cccc(C(=O)N2CCC[C@@H]2c2ccnc3cc(C(C)(C)C)nn23)c1. The lowest BCUT2D eigenvalue weighted by Crippen LogP contribution is -2.31. The summed E-state index contributed by atoms with van der Waals surface area (Å²) in [6.45, 7) is 7.16. The lowest BCUT2D eigenvalue weighted by atomic mass is 9.93. The van der Waals surface area contributed by atoms with Gasteiger partial charge in [-0.3, -0.25) is 4.79 Å². The van der Waals surface area contributed by atoms with Gasteiger partial charge in [-0.25, -0.2) is 9.50 Å². The minimum Gasteiger partial charge on any atom is -0.497 e. The summed E-state index contributed by atoms with van der Waals surface area (Å²) in [6.07, 6.45) is 3.70. The number of amides is 1. The molecule has 0 unspecified atom stereocenters. The molecule has 0 N–H and O–H groups in total. The van der Waals surface area contributed by atoms with Gasteiger partial charge in [0.1, 0.15) is 5.75 Å². The fraction of sp³-hybridized carbons (Fsp3) is 0.409. The lowest BCUT2D eigenvalue weighted by Gasteiger charge is -2.25. The number of aromatic nitrogens is 3. The van der Waals surface area contributed by atoms with E-state index in [1.807, 2.05) is 45.9 Å². The van der Waals surface area contributed by atoms with Gasteiger partial charge in [0.05, 0.1) is 24.5 Å². The summed E-state index contributed by atoms with van der Waals surface area (Å²) in [5, 5.41) is 4.82. The van der Waals surface area contributed by atoms with Gasteiger partial charge in [-0.2, -0.15) is 5.10 Å². The van der Waals surface area contributed by atoms with Gasteiger partial charge >= 0.3 is 0 Å². The number of hydrogen-bond acceptors (Lipinski definition) is 4. The molecule has 6 heteroatoms. The number of rotatable bonds is 3. The molecule has 0 radical (unpaired) electrons.